The van der Waals surface area contributed by atoms with E-state index in [4.69, 9.17) is 0 Å². The molecular formula is C16H36IN5. The molecule has 1 rings (SSSR count). The van der Waals surface area contributed by atoms with Crippen LogP contribution in [0.3, 0.4) is 0 Å². The maximum absolute atomic E-state index is 4.29. The maximum atomic E-state index is 4.29. The molecule has 6 heteroatoms. The number of likely N-dealkylation sites (N-methyl/N-ethyl adjacent to an activating group) is 1. The molecule has 1 saturated heterocycles. The second-order valence-electron chi connectivity index (χ2n) is 6.07. The average Bonchev–Trinajstić information content (AvgIpc) is 2.53. The Morgan fingerprint density at radius 1 is 1.18 bits per heavy atom. The van der Waals surface area contributed by atoms with Gasteiger partial charge in [0.2, 0.25) is 0 Å². The minimum atomic E-state index is 0. The number of likely N-dealkylation sites (tertiary alicyclic amines) is 1. The zero-order chi connectivity index (χ0) is 15.5. The summed E-state index contributed by atoms with van der Waals surface area (Å²) in [6.07, 6.45) is 5.31. The van der Waals surface area contributed by atoms with Gasteiger partial charge >= 0.3 is 0 Å². The number of rotatable bonds is 8. The first-order valence-electron chi connectivity index (χ1n) is 8.54. The Labute approximate surface area is 154 Å². The molecule has 1 fully saturated rings. The van der Waals surface area contributed by atoms with E-state index in [-0.39, 0.29) is 24.0 Å². The van der Waals surface area contributed by atoms with Crippen LogP contribution in [0.15, 0.2) is 4.99 Å². The fraction of sp³-hybridized carbons (Fsp3) is 0.938. The molecule has 1 aliphatic rings. The van der Waals surface area contributed by atoms with Crippen molar-refractivity contribution in [2.75, 3.05) is 53.4 Å². The largest absolute Gasteiger partial charge is 0.355 e. The Morgan fingerprint density at radius 2 is 1.82 bits per heavy atom. The van der Waals surface area contributed by atoms with Gasteiger partial charge in [0, 0.05) is 39.3 Å². The first kappa shape index (κ1) is 21.9. The maximum Gasteiger partial charge on any atom is 0.191 e. The van der Waals surface area contributed by atoms with Crippen molar-refractivity contribution in [1.82, 2.24) is 20.4 Å². The van der Waals surface area contributed by atoms with Gasteiger partial charge in [-0.1, -0.05) is 13.3 Å². The van der Waals surface area contributed by atoms with Crippen LogP contribution in [0.5, 0.6) is 0 Å². The molecule has 0 aromatic rings. The highest BCUT2D eigenvalue weighted by Gasteiger charge is 2.09. The van der Waals surface area contributed by atoms with E-state index in [9.17, 15) is 0 Å². The third-order valence-electron chi connectivity index (χ3n) is 4.49. The Hall–Kier alpha value is -0.0800. The Morgan fingerprint density at radius 3 is 2.41 bits per heavy atom. The van der Waals surface area contributed by atoms with Gasteiger partial charge in [-0.15, -0.1) is 24.0 Å². The van der Waals surface area contributed by atoms with E-state index in [1.807, 2.05) is 7.05 Å². The van der Waals surface area contributed by atoms with Gasteiger partial charge in [-0.25, -0.2) is 0 Å². The van der Waals surface area contributed by atoms with Gasteiger partial charge in [-0.3, -0.25) is 4.99 Å². The van der Waals surface area contributed by atoms with Crippen molar-refractivity contribution in [3.63, 3.8) is 0 Å². The van der Waals surface area contributed by atoms with E-state index in [0.29, 0.717) is 6.04 Å². The summed E-state index contributed by atoms with van der Waals surface area (Å²) in [5.41, 5.74) is 0. The molecule has 0 aliphatic carbocycles. The van der Waals surface area contributed by atoms with Crippen molar-refractivity contribution < 1.29 is 0 Å². The standard InChI is InChI=1S/C16H35N5.HI/c1-5-15(2)20(4)13-9-18-16(17-3)19-10-14-21-11-7-6-8-12-21;/h15H,5-14H2,1-4H3,(H2,17,18,19);1H. The lowest BCUT2D eigenvalue weighted by atomic mass is 10.1. The number of nitrogens with one attached hydrogen (secondary N) is 2. The highest BCUT2D eigenvalue weighted by molar-refractivity contribution is 14.0. The molecule has 5 nitrogen and oxygen atoms in total. The van der Waals surface area contributed by atoms with Gasteiger partial charge in [-0.05, 0) is 46.3 Å². The fourth-order valence-electron chi connectivity index (χ4n) is 2.62. The van der Waals surface area contributed by atoms with Crippen LogP contribution in [-0.2, 0) is 0 Å². The van der Waals surface area contributed by atoms with E-state index in [1.165, 1.54) is 38.8 Å². The summed E-state index contributed by atoms with van der Waals surface area (Å²) in [6.45, 7) is 11.1. The van der Waals surface area contributed by atoms with Crippen LogP contribution in [0.4, 0.5) is 0 Å². The summed E-state index contributed by atoms with van der Waals surface area (Å²) >= 11 is 0. The van der Waals surface area contributed by atoms with E-state index >= 15 is 0 Å². The minimum Gasteiger partial charge on any atom is -0.355 e. The number of nitrogens with zero attached hydrogens (tertiary/aromatic N) is 3. The molecule has 1 heterocycles. The van der Waals surface area contributed by atoms with E-state index in [1.54, 1.807) is 0 Å². The van der Waals surface area contributed by atoms with Gasteiger partial charge in [0.25, 0.3) is 0 Å². The second-order valence-corrected chi connectivity index (χ2v) is 6.07. The monoisotopic (exact) mass is 425 g/mol. The molecule has 22 heavy (non-hydrogen) atoms. The molecule has 0 amide bonds. The molecule has 132 valence electrons. The number of piperidine rings is 1. The van der Waals surface area contributed by atoms with Crippen LogP contribution in [0.25, 0.3) is 0 Å². The minimum absolute atomic E-state index is 0. The van der Waals surface area contributed by atoms with Crippen molar-refractivity contribution in [3.8, 4) is 0 Å². The molecule has 1 unspecified atom stereocenters. The van der Waals surface area contributed by atoms with Crippen LogP contribution >= 0.6 is 24.0 Å². The first-order valence-corrected chi connectivity index (χ1v) is 8.54. The van der Waals surface area contributed by atoms with E-state index in [0.717, 1.165) is 32.1 Å². The molecule has 0 aromatic heterocycles. The third-order valence-corrected chi connectivity index (χ3v) is 4.49. The summed E-state index contributed by atoms with van der Waals surface area (Å²) in [5, 5.41) is 6.81. The number of guanidine groups is 1. The highest BCUT2D eigenvalue weighted by atomic mass is 127. The quantitative estimate of drug-likeness (QED) is 0.355. The summed E-state index contributed by atoms with van der Waals surface area (Å²) in [7, 11) is 4.02. The molecule has 2 N–H and O–H groups in total. The number of hydrogen-bond donors (Lipinski definition) is 2. The van der Waals surface area contributed by atoms with Crippen LogP contribution in [-0.4, -0.2) is 75.2 Å². The summed E-state index contributed by atoms with van der Waals surface area (Å²) in [4.78, 5) is 9.22. The predicted octanol–water partition coefficient (Wildman–Crippen LogP) is 1.99. The molecule has 0 aromatic carbocycles. The lowest BCUT2D eigenvalue weighted by molar-refractivity contribution is 0.232. The average molecular weight is 425 g/mol. The number of hydrogen-bond acceptors (Lipinski definition) is 3. The molecule has 0 radical (unpaired) electrons. The van der Waals surface area contributed by atoms with E-state index < -0.39 is 0 Å². The fourth-order valence-corrected chi connectivity index (χ4v) is 2.62. The van der Waals surface area contributed by atoms with Gasteiger partial charge in [0.1, 0.15) is 0 Å². The van der Waals surface area contributed by atoms with Crippen LogP contribution in [0, 0.1) is 0 Å². The number of aliphatic imine (C=N–C) groups is 1. The van der Waals surface area contributed by atoms with Crippen molar-refractivity contribution >= 4 is 29.9 Å². The zero-order valence-corrected chi connectivity index (χ0v) is 17.2. The SMILES string of the molecule is CCC(C)N(C)CCNC(=NC)NCCN1CCCCC1.I. The van der Waals surface area contributed by atoms with Crippen molar-refractivity contribution in [2.24, 2.45) is 4.99 Å². The molecule has 0 spiro atoms. The molecular weight excluding hydrogens is 389 g/mol. The van der Waals surface area contributed by atoms with Gasteiger partial charge < -0.3 is 20.4 Å². The molecule has 0 bridgehead atoms. The lowest BCUT2D eigenvalue weighted by Crippen LogP contribution is -2.45. The normalized spacial score (nSPS) is 18.0. The zero-order valence-electron chi connectivity index (χ0n) is 14.9. The molecule has 1 atom stereocenters. The third kappa shape index (κ3) is 9.15. The lowest BCUT2D eigenvalue weighted by Gasteiger charge is -2.27. The second kappa shape index (κ2) is 13.4. The first-order chi connectivity index (χ1) is 10.2. The Balaban J connectivity index is 0.00000441. The van der Waals surface area contributed by atoms with Crippen LogP contribution in [0.2, 0.25) is 0 Å². The van der Waals surface area contributed by atoms with Crippen LogP contribution in [0.1, 0.15) is 39.5 Å². The van der Waals surface area contributed by atoms with Crippen molar-refractivity contribution in [2.45, 2.75) is 45.6 Å². The topological polar surface area (TPSA) is 42.9 Å². The smallest absolute Gasteiger partial charge is 0.191 e. The Kier molecular flexibility index (Phi) is 13.3. The van der Waals surface area contributed by atoms with Gasteiger partial charge in [0.05, 0.1) is 0 Å². The van der Waals surface area contributed by atoms with Crippen molar-refractivity contribution in [3.05, 3.63) is 0 Å². The van der Waals surface area contributed by atoms with Crippen molar-refractivity contribution in [1.29, 1.82) is 0 Å². The van der Waals surface area contributed by atoms with Crippen LogP contribution < -0.4 is 10.6 Å². The highest BCUT2D eigenvalue weighted by Crippen LogP contribution is 2.07. The molecule has 1 aliphatic heterocycles. The van der Waals surface area contributed by atoms with Gasteiger partial charge in [0.15, 0.2) is 5.96 Å². The Bertz CT molecular complexity index is 282. The van der Waals surface area contributed by atoms with E-state index in [2.05, 4.69) is 46.3 Å². The molecule has 0 saturated carbocycles. The van der Waals surface area contributed by atoms with Gasteiger partial charge in [-0.2, -0.15) is 0 Å². The summed E-state index contributed by atoms with van der Waals surface area (Å²) < 4.78 is 0. The number of halogens is 1. The summed E-state index contributed by atoms with van der Waals surface area (Å²) in [5.74, 6) is 0.921. The predicted molar refractivity (Wildman–Crippen MR) is 107 cm³/mol. The summed E-state index contributed by atoms with van der Waals surface area (Å²) in [6, 6.07) is 0.640.